The van der Waals surface area contributed by atoms with Crippen LogP contribution in [0.5, 0.6) is 5.75 Å². The first-order valence-electron chi connectivity index (χ1n) is 6.18. The Bertz CT molecular complexity index is 493. The molecule has 2 rings (SSSR count). The van der Waals surface area contributed by atoms with Crippen molar-refractivity contribution in [3.05, 3.63) is 48.0 Å². The third-order valence-electron chi connectivity index (χ3n) is 2.79. The molecule has 4 nitrogen and oxygen atoms in total. The lowest BCUT2D eigenvalue weighted by Gasteiger charge is -2.09. The SMILES string of the molecule is Cc1cccc(OCCn2cncc2CCN)c1. The van der Waals surface area contributed by atoms with E-state index in [1.54, 1.807) is 0 Å². The zero-order valence-corrected chi connectivity index (χ0v) is 10.7. The zero-order chi connectivity index (χ0) is 12.8. The smallest absolute Gasteiger partial charge is 0.119 e. The quantitative estimate of drug-likeness (QED) is 0.844. The number of nitrogens with zero attached hydrogens (tertiary/aromatic N) is 2. The first-order valence-corrected chi connectivity index (χ1v) is 6.18. The average Bonchev–Trinajstić information content (AvgIpc) is 2.78. The summed E-state index contributed by atoms with van der Waals surface area (Å²) in [5, 5.41) is 0. The van der Waals surface area contributed by atoms with E-state index in [-0.39, 0.29) is 0 Å². The highest BCUT2D eigenvalue weighted by molar-refractivity contribution is 5.27. The number of hydrogen-bond acceptors (Lipinski definition) is 3. The number of imidazole rings is 1. The molecule has 0 fully saturated rings. The van der Waals surface area contributed by atoms with Crippen LogP contribution in [-0.2, 0) is 13.0 Å². The monoisotopic (exact) mass is 245 g/mol. The van der Waals surface area contributed by atoms with Crippen molar-refractivity contribution in [1.82, 2.24) is 9.55 Å². The van der Waals surface area contributed by atoms with Gasteiger partial charge in [0.2, 0.25) is 0 Å². The van der Waals surface area contributed by atoms with Gasteiger partial charge in [-0.15, -0.1) is 0 Å². The Balaban J connectivity index is 1.86. The molecule has 0 atom stereocenters. The standard InChI is InChI=1S/C14H19N3O/c1-12-3-2-4-14(9-12)18-8-7-17-11-16-10-13(17)5-6-15/h2-4,9-11H,5-8,15H2,1H3. The lowest BCUT2D eigenvalue weighted by Crippen LogP contribution is -2.12. The summed E-state index contributed by atoms with van der Waals surface area (Å²) in [6.45, 7) is 4.13. The fraction of sp³-hybridized carbons (Fsp3) is 0.357. The molecule has 1 aromatic carbocycles. The minimum atomic E-state index is 0.636. The van der Waals surface area contributed by atoms with E-state index in [0.717, 1.165) is 24.4 Å². The molecular weight excluding hydrogens is 226 g/mol. The van der Waals surface area contributed by atoms with Crippen LogP contribution in [0.1, 0.15) is 11.3 Å². The second kappa shape index (κ2) is 6.21. The van der Waals surface area contributed by atoms with E-state index in [1.165, 1.54) is 5.56 Å². The van der Waals surface area contributed by atoms with Crippen molar-refractivity contribution in [3.63, 3.8) is 0 Å². The summed E-state index contributed by atoms with van der Waals surface area (Å²) in [5.74, 6) is 0.912. The molecule has 1 heterocycles. The third kappa shape index (κ3) is 3.34. The number of aromatic nitrogens is 2. The fourth-order valence-electron chi connectivity index (χ4n) is 1.87. The molecule has 0 unspecified atom stereocenters. The van der Waals surface area contributed by atoms with Crippen molar-refractivity contribution in [2.45, 2.75) is 19.9 Å². The van der Waals surface area contributed by atoms with Gasteiger partial charge in [0, 0.05) is 18.3 Å². The molecule has 0 radical (unpaired) electrons. The van der Waals surface area contributed by atoms with Gasteiger partial charge < -0.3 is 15.0 Å². The van der Waals surface area contributed by atoms with E-state index in [1.807, 2.05) is 30.7 Å². The first-order chi connectivity index (χ1) is 8.79. The Morgan fingerprint density at radius 1 is 1.39 bits per heavy atom. The van der Waals surface area contributed by atoms with Crippen LogP contribution in [0.15, 0.2) is 36.8 Å². The number of hydrogen-bond donors (Lipinski definition) is 1. The summed E-state index contributed by atoms with van der Waals surface area (Å²) < 4.78 is 7.80. The third-order valence-corrected chi connectivity index (χ3v) is 2.79. The molecule has 0 aliphatic carbocycles. The molecule has 4 heteroatoms. The predicted octanol–water partition coefficient (Wildman–Crippen LogP) is 1.77. The Labute approximate surface area is 107 Å². The van der Waals surface area contributed by atoms with Crippen molar-refractivity contribution < 1.29 is 4.74 Å². The van der Waals surface area contributed by atoms with Crippen molar-refractivity contribution >= 4 is 0 Å². The van der Waals surface area contributed by atoms with Crippen molar-refractivity contribution in [1.29, 1.82) is 0 Å². The van der Waals surface area contributed by atoms with E-state index in [9.17, 15) is 0 Å². The van der Waals surface area contributed by atoms with Crippen LogP contribution in [-0.4, -0.2) is 22.7 Å². The van der Waals surface area contributed by atoms with Gasteiger partial charge in [0.1, 0.15) is 12.4 Å². The van der Waals surface area contributed by atoms with Gasteiger partial charge in [-0.1, -0.05) is 12.1 Å². The van der Waals surface area contributed by atoms with E-state index in [0.29, 0.717) is 13.2 Å². The summed E-state index contributed by atoms with van der Waals surface area (Å²) in [4.78, 5) is 4.13. The van der Waals surface area contributed by atoms with Crippen molar-refractivity contribution in [3.8, 4) is 5.75 Å². The normalized spacial score (nSPS) is 10.6. The predicted molar refractivity (Wildman–Crippen MR) is 71.7 cm³/mol. The molecule has 96 valence electrons. The van der Waals surface area contributed by atoms with Gasteiger partial charge >= 0.3 is 0 Å². The highest BCUT2D eigenvalue weighted by Crippen LogP contribution is 2.12. The summed E-state index contributed by atoms with van der Waals surface area (Å²) in [7, 11) is 0. The van der Waals surface area contributed by atoms with Gasteiger partial charge in [0.05, 0.1) is 12.9 Å². The van der Waals surface area contributed by atoms with E-state index in [4.69, 9.17) is 10.5 Å². The van der Waals surface area contributed by atoms with Crippen molar-refractivity contribution in [2.24, 2.45) is 5.73 Å². The number of rotatable bonds is 6. The van der Waals surface area contributed by atoms with Crippen LogP contribution in [0.2, 0.25) is 0 Å². The van der Waals surface area contributed by atoms with Crippen LogP contribution in [0.25, 0.3) is 0 Å². The number of aryl methyl sites for hydroxylation is 1. The molecule has 2 aromatic rings. The highest BCUT2D eigenvalue weighted by atomic mass is 16.5. The minimum absolute atomic E-state index is 0.636. The Morgan fingerprint density at radius 3 is 3.06 bits per heavy atom. The largest absolute Gasteiger partial charge is 0.492 e. The van der Waals surface area contributed by atoms with Crippen LogP contribution in [0.4, 0.5) is 0 Å². The van der Waals surface area contributed by atoms with Gasteiger partial charge in [0.15, 0.2) is 0 Å². The summed E-state index contributed by atoms with van der Waals surface area (Å²) in [6.07, 6.45) is 4.54. The Morgan fingerprint density at radius 2 is 2.28 bits per heavy atom. The van der Waals surface area contributed by atoms with Crippen LogP contribution in [0, 0.1) is 6.92 Å². The van der Waals surface area contributed by atoms with Crippen LogP contribution in [0.3, 0.4) is 0 Å². The molecule has 0 bridgehead atoms. The Kier molecular flexibility index (Phi) is 4.36. The second-order valence-electron chi connectivity index (χ2n) is 4.28. The van der Waals surface area contributed by atoms with Gasteiger partial charge in [-0.25, -0.2) is 4.98 Å². The summed E-state index contributed by atoms with van der Waals surface area (Å²) in [5.41, 5.74) is 7.92. The zero-order valence-electron chi connectivity index (χ0n) is 10.7. The lowest BCUT2D eigenvalue weighted by atomic mass is 10.2. The summed E-state index contributed by atoms with van der Waals surface area (Å²) in [6, 6.07) is 8.07. The molecule has 0 spiro atoms. The van der Waals surface area contributed by atoms with Gasteiger partial charge in [-0.3, -0.25) is 0 Å². The van der Waals surface area contributed by atoms with Crippen LogP contribution < -0.4 is 10.5 Å². The molecule has 0 saturated heterocycles. The van der Waals surface area contributed by atoms with Gasteiger partial charge in [-0.2, -0.15) is 0 Å². The molecule has 0 amide bonds. The van der Waals surface area contributed by atoms with Gasteiger partial charge in [0.25, 0.3) is 0 Å². The number of ether oxygens (including phenoxy) is 1. The molecule has 0 saturated carbocycles. The molecule has 0 aliphatic rings. The number of nitrogens with two attached hydrogens (primary N) is 1. The first kappa shape index (κ1) is 12.6. The maximum Gasteiger partial charge on any atom is 0.119 e. The molecule has 2 N–H and O–H groups in total. The van der Waals surface area contributed by atoms with Gasteiger partial charge in [-0.05, 0) is 31.2 Å². The van der Waals surface area contributed by atoms with E-state index >= 15 is 0 Å². The van der Waals surface area contributed by atoms with E-state index in [2.05, 4.69) is 22.5 Å². The van der Waals surface area contributed by atoms with Crippen molar-refractivity contribution in [2.75, 3.05) is 13.2 Å². The fourth-order valence-corrected chi connectivity index (χ4v) is 1.87. The maximum absolute atomic E-state index is 5.71. The second-order valence-corrected chi connectivity index (χ2v) is 4.28. The molecule has 1 aromatic heterocycles. The minimum Gasteiger partial charge on any atom is -0.492 e. The van der Waals surface area contributed by atoms with Crippen LogP contribution >= 0.6 is 0 Å². The number of benzene rings is 1. The molecular formula is C14H19N3O. The average molecular weight is 245 g/mol. The topological polar surface area (TPSA) is 53.1 Å². The highest BCUT2D eigenvalue weighted by Gasteiger charge is 2.01. The molecule has 0 aliphatic heterocycles. The molecule has 18 heavy (non-hydrogen) atoms. The lowest BCUT2D eigenvalue weighted by molar-refractivity contribution is 0.296. The summed E-state index contributed by atoms with van der Waals surface area (Å²) >= 11 is 0. The Hall–Kier alpha value is -1.81. The maximum atomic E-state index is 5.71. The van der Waals surface area contributed by atoms with E-state index < -0.39 is 0 Å².